The van der Waals surface area contributed by atoms with Gasteiger partial charge in [0.05, 0.1) is 0 Å². The number of nitrogens with zero attached hydrogens (tertiary/aromatic N) is 1. The SMILES string of the molecule is CCC(CN)(C1CC1)N1CCCC(C(C)(C)C)CC1. The van der Waals surface area contributed by atoms with E-state index in [2.05, 4.69) is 32.6 Å². The molecule has 0 amide bonds. The van der Waals surface area contributed by atoms with Gasteiger partial charge in [0.2, 0.25) is 0 Å². The van der Waals surface area contributed by atoms with E-state index in [1.807, 2.05) is 0 Å². The first-order valence-corrected chi connectivity index (χ1v) is 8.39. The second-order valence-electron chi connectivity index (χ2n) is 7.92. The maximum Gasteiger partial charge on any atom is 0.0357 e. The van der Waals surface area contributed by atoms with Crippen LogP contribution in [-0.2, 0) is 0 Å². The molecule has 2 nitrogen and oxygen atoms in total. The Hall–Kier alpha value is -0.0800. The van der Waals surface area contributed by atoms with Gasteiger partial charge in [-0.1, -0.05) is 27.7 Å². The fourth-order valence-corrected chi connectivity index (χ4v) is 4.24. The first kappa shape index (κ1) is 15.3. The molecule has 1 aliphatic heterocycles. The molecule has 1 heterocycles. The summed E-state index contributed by atoms with van der Waals surface area (Å²) in [6.45, 7) is 13.0. The molecule has 2 rings (SSSR count). The molecule has 1 aliphatic carbocycles. The third kappa shape index (κ3) is 3.16. The van der Waals surface area contributed by atoms with Crippen molar-refractivity contribution in [1.82, 2.24) is 4.90 Å². The first-order valence-electron chi connectivity index (χ1n) is 8.39. The van der Waals surface area contributed by atoms with Crippen molar-refractivity contribution in [3.05, 3.63) is 0 Å². The van der Waals surface area contributed by atoms with Crippen LogP contribution in [0.15, 0.2) is 0 Å². The van der Waals surface area contributed by atoms with Gasteiger partial charge in [-0.25, -0.2) is 0 Å². The molecule has 112 valence electrons. The van der Waals surface area contributed by atoms with Crippen LogP contribution >= 0.6 is 0 Å². The molecule has 2 unspecified atom stereocenters. The molecular formula is C17H34N2. The molecule has 0 aromatic rings. The van der Waals surface area contributed by atoms with Crippen LogP contribution in [-0.4, -0.2) is 30.1 Å². The standard InChI is InChI=1S/C17H34N2/c1-5-17(13-18,15-8-9-15)19-11-6-7-14(10-12-19)16(2,3)4/h14-15H,5-13,18H2,1-4H3. The molecule has 1 saturated carbocycles. The molecule has 1 saturated heterocycles. The Morgan fingerprint density at radius 3 is 2.16 bits per heavy atom. The highest BCUT2D eigenvalue weighted by molar-refractivity contribution is 5.03. The summed E-state index contributed by atoms with van der Waals surface area (Å²) in [5, 5.41) is 0. The highest BCUT2D eigenvalue weighted by Gasteiger charge is 2.47. The summed E-state index contributed by atoms with van der Waals surface area (Å²) < 4.78 is 0. The van der Waals surface area contributed by atoms with Crippen molar-refractivity contribution in [2.75, 3.05) is 19.6 Å². The molecule has 0 spiro atoms. The second-order valence-corrected chi connectivity index (χ2v) is 7.92. The van der Waals surface area contributed by atoms with Gasteiger partial charge in [-0.05, 0) is 68.9 Å². The van der Waals surface area contributed by atoms with E-state index in [4.69, 9.17) is 5.73 Å². The van der Waals surface area contributed by atoms with Crippen LogP contribution in [0.1, 0.15) is 66.2 Å². The lowest BCUT2D eigenvalue weighted by Gasteiger charge is -2.43. The Kier molecular flexibility index (Phi) is 4.62. The Morgan fingerprint density at radius 2 is 1.68 bits per heavy atom. The Morgan fingerprint density at radius 1 is 1.00 bits per heavy atom. The van der Waals surface area contributed by atoms with E-state index in [9.17, 15) is 0 Å². The van der Waals surface area contributed by atoms with Gasteiger partial charge in [0.1, 0.15) is 0 Å². The van der Waals surface area contributed by atoms with Crippen LogP contribution in [0.4, 0.5) is 0 Å². The van der Waals surface area contributed by atoms with Gasteiger partial charge in [0, 0.05) is 12.1 Å². The van der Waals surface area contributed by atoms with E-state index in [1.165, 1.54) is 51.6 Å². The van der Waals surface area contributed by atoms with E-state index in [1.54, 1.807) is 0 Å². The van der Waals surface area contributed by atoms with Gasteiger partial charge in [-0.15, -0.1) is 0 Å². The summed E-state index contributed by atoms with van der Waals surface area (Å²) in [5.74, 6) is 1.76. The fraction of sp³-hybridized carbons (Fsp3) is 1.00. The van der Waals surface area contributed by atoms with Crippen LogP contribution < -0.4 is 5.73 Å². The van der Waals surface area contributed by atoms with Gasteiger partial charge in [-0.3, -0.25) is 4.90 Å². The van der Waals surface area contributed by atoms with Gasteiger partial charge in [-0.2, -0.15) is 0 Å². The molecule has 2 atom stereocenters. The van der Waals surface area contributed by atoms with Crippen molar-refractivity contribution in [2.24, 2.45) is 23.0 Å². The van der Waals surface area contributed by atoms with Crippen molar-refractivity contribution >= 4 is 0 Å². The molecule has 2 N–H and O–H groups in total. The van der Waals surface area contributed by atoms with Gasteiger partial charge < -0.3 is 5.73 Å². The molecule has 0 radical (unpaired) electrons. The minimum absolute atomic E-state index is 0.326. The minimum atomic E-state index is 0.326. The zero-order valence-corrected chi connectivity index (χ0v) is 13.5. The summed E-state index contributed by atoms with van der Waals surface area (Å²) in [6, 6.07) is 0. The lowest BCUT2D eigenvalue weighted by molar-refractivity contribution is 0.0681. The smallest absolute Gasteiger partial charge is 0.0357 e. The zero-order valence-electron chi connectivity index (χ0n) is 13.5. The predicted molar refractivity (Wildman–Crippen MR) is 83.2 cm³/mol. The average Bonchev–Trinajstić information content (AvgIpc) is 3.16. The maximum atomic E-state index is 6.22. The van der Waals surface area contributed by atoms with Crippen LogP contribution in [0.25, 0.3) is 0 Å². The highest BCUT2D eigenvalue weighted by atomic mass is 15.2. The molecule has 2 aliphatic rings. The van der Waals surface area contributed by atoms with E-state index < -0.39 is 0 Å². The molecule has 2 heteroatoms. The molecule has 0 aromatic heterocycles. The minimum Gasteiger partial charge on any atom is -0.329 e. The van der Waals surface area contributed by atoms with Crippen molar-refractivity contribution in [3.8, 4) is 0 Å². The van der Waals surface area contributed by atoms with Gasteiger partial charge in [0.25, 0.3) is 0 Å². The zero-order chi connectivity index (χ0) is 14.1. The molecule has 2 fully saturated rings. The van der Waals surface area contributed by atoms with Crippen LogP contribution in [0.3, 0.4) is 0 Å². The topological polar surface area (TPSA) is 29.3 Å². The van der Waals surface area contributed by atoms with E-state index in [0.717, 1.165) is 18.4 Å². The number of hydrogen-bond acceptors (Lipinski definition) is 2. The summed E-state index contributed by atoms with van der Waals surface area (Å²) in [6.07, 6.45) is 8.16. The Bertz CT molecular complexity index is 284. The fourth-order valence-electron chi connectivity index (χ4n) is 4.24. The van der Waals surface area contributed by atoms with E-state index in [-0.39, 0.29) is 0 Å². The van der Waals surface area contributed by atoms with Crippen molar-refractivity contribution in [1.29, 1.82) is 0 Å². The van der Waals surface area contributed by atoms with Gasteiger partial charge >= 0.3 is 0 Å². The number of hydrogen-bond donors (Lipinski definition) is 1. The van der Waals surface area contributed by atoms with Crippen LogP contribution in [0, 0.1) is 17.3 Å². The summed E-state index contributed by atoms with van der Waals surface area (Å²) in [5.41, 5.74) is 7.01. The summed E-state index contributed by atoms with van der Waals surface area (Å²) in [7, 11) is 0. The lowest BCUT2D eigenvalue weighted by atomic mass is 9.76. The van der Waals surface area contributed by atoms with Crippen molar-refractivity contribution in [3.63, 3.8) is 0 Å². The number of nitrogens with two attached hydrogens (primary N) is 1. The quantitative estimate of drug-likeness (QED) is 0.841. The number of rotatable bonds is 4. The number of likely N-dealkylation sites (tertiary alicyclic amines) is 1. The first-order chi connectivity index (χ1) is 8.94. The average molecular weight is 266 g/mol. The van der Waals surface area contributed by atoms with Crippen molar-refractivity contribution in [2.45, 2.75) is 71.8 Å². The second kappa shape index (κ2) is 5.73. The predicted octanol–water partition coefficient (Wildman–Crippen LogP) is 3.65. The third-order valence-electron chi connectivity index (χ3n) is 5.89. The Labute approximate surface area is 120 Å². The molecule has 0 aromatic carbocycles. The van der Waals surface area contributed by atoms with Gasteiger partial charge in [0.15, 0.2) is 0 Å². The Balaban J connectivity index is 2.05. The highest BCUT2D eigenvalue weighted by Crippen LogP contribution is 2.46. The molecular weight excluding hydrogens is 232 g/mol. The third-order valence-corrected chi connectivity index (χ3v) is 5.89. The summed E-state index contributed by atoms with van der Waals surface area (Å²) in [4.78, 5) is 2.77. The van der Waals surface area contributed by atoms with Crippen molar-refractivity contribution < 1.29 is 0 Å². The van der Waals surface area contributed by atoms with E-state index >= 15 is 0 Å². The lowest BCUT2D eigenvalue weighted by Crippen LogP contribution is -2.55. The molecule has 0 bridgehead atoms. The largest absolute Gasteiger partial charge is 0.329 e. The summed E-state index contributed by atoms with van der Waals surface area (Å²) >= 11 is 0. The van der Waals surface area contributed by atoms with E-state index in [0.29, 0.717) is 11.0 Å². The monoisotopic (exact) mass is 266 g/mol. The van der Waals surface area contributed by atoms with Crippen LogP contribution in [0.2, 0.25) is 0 Å². The van der Waals surface area contributed by atoms with Crippen LogP contribution in [0.5, 0.6) is 0 Å². The molecule has 19 heavy (non-hydrogen) atoms. The maximum absolute atomic E-state index is 6.22. The normalized spacial score (nSPS) is 29.8.